The van der Waals surface area contributed by atoms with Crippen LogP contribution >= 0.6 is 0 Å². The van der Waals surface area contributed by atoms with E-state index in [9.17, 15) is 17.6 Å². The van der Waals surface area contributed by atoms with Crippen molar-refractivity contribution in [1.82, 2.24) is 14.1 Å². The minimum atomic E-state index is -3.31. The number of nitrogens with zero attached hydrogens (tertiary/aromatic N) is 3. The Labute approximate surface area is 167 Å². The molecule has 3 N–H and O–H groups in total. The molecule has 0 saturated heterocycles. The molecule has 154 valence electrons. The first-order chi connectivity index (χ1) is 13.9. The SMILES string of the molecule is Nc1c2c(nn1C(=O)C1CCNc3ccc(F)cc31)CN(S(=O)(=O)C1CC1)CC2. The topological polar surface area (TPSA) is 110 Å². The molecule has 1 aromatic heterocycles. The third kappa shape index (κ3) is 3.01. The normalized spacial score (nSPS) is 21.9. The summed E-state index contributed by atoms with van der Waals surface area (Å²) in [5, 5.41) is 7.28. The molecule has 1 unspecified atom stereocenters. The van der Waals surface area contributed by atoms with Crippen molar-refractivity contribution >= 4 is 27.4 Å². The number of nitrogens with one attached hydrogen (secondary N) is 1. The third-order valence-electron chi connectivity index (χ3n) is 5.99. The van der Waals surface area contributed by atoms with E-state index in [1.807, 2.05) is 0 Å². The van der Waals surface area contributed by atoms with E-state index >= 15 is 0 Å². The average Bonchev–Trinajstić information content (AvgIpc) is 3.52. The quantitative estimate of drug-likeness (QED) is 0.784. The Morgan fingerprint density at radius 1 is 1.28 bits per heavy atom. The lowest BCUT2D eigenvalue weighted by Crippen LogP contribution is -2.38. The van der Waals surface area contributed by atoms with Gasteiger partial charge in [-0.15, -0.1) is 0 Å². The maximum absolute atomic E-state index is 13.8. The van der Waals surface area contributed by atoms with Crippen molar-refractivity contribution in [1.29, 1.82) is 0 Å². The van der Waals surface area contributed by atoms with E-state index < -0.39 is 21.8 Å². The van der Waals surface area contributed by atoms with E-state index in [4.69, 9.17) is 5.73 Å². The number of anilines is 2. The van der Waals surface area contributed by atoms with Crippen LogP contribution < -0.4 is 11.1 Å². The van der Waals surface area contributed by atoms with Gasteiger partial charge in [0.1, 0.15) is 11.6 Å². The largest absolute Gasteiger partial charge is 0.385 e. The van der Waals surface area contributed by atoms with Crippen LogP contribution in [0.25, 0.3) is 0 Å². The van der Waals surface area contributed by atoms with E-state index in [1.165, 1.54) is 21.1 Å². The van der Waals surface area contributed by atoms with Crippen LogP contribution in [-0.4, -0.2) is 46.8 Å². The van der Waals surface area contributed by atoms with Crippen molar-refractivity contribution in [2.24, 2.45) is 0 Å². The lowest BCUT2D eigenvalue weighted by Gasteiger charge is -2.25. The summed E-state index contributed by atoms with van der Waals surface area (Å²) in [5.74, 6) is -1.03. The number of sulfonamides is 1. The molecule has 1 aliphatic carbocycles. The number of hydrogen-bond donors (Lipinski definition) is 2. The Hall–Kier alpha value is -2.46. The Balaban J connectivity index is 1.46. The molecule has 2 aliphatic heterocycles. The highest BCUT2D eigenvalue weighted by atomic mass is 32.2. The summed E-state index contributed by atoms with van der Waals surface area (Å²) >= 11 is 0. The summed E-state index contributed by atoms with van der Waals surface area (Å²) in [5.41, 5.74) is 8.81. The summed E-state index contributed by atoms with van der Waals surface area (Å²) < 4.78 is 41.5. The summed E-state index contributed by atoms with van der Waals surface area (Å²) in [6, 6.07) is 4.35. The zero-order valence-electron chi connectivity index (χ0n) is 15.8. The minimum Gasteiger partial charge on any atom is -0.385 e. The molecular formula is C19H22FN5O3S. The number of nitrogens with two attached hydrogens (primary N) is 1. The van der Waals surface area contributed by atoms with Gasteiger partial charge in [-0.2, -0.15) is 14.1 Å². The maximum atomic E-state index is 13.8. The second-order valence-corrected chi connectivity index (χ2v) is 10.1. The van der Waals surface area contributed by atoms with E-state index in [0.29, 0.717) is 50.0 Å². The van der Waals surface area contributed by atoms with Gasteiger partial charge in [-0.3, -0.25) is 4.79 Å². The van der Waals surface area contributed by atoms with E-state index in [-0.39, 0.29) is 23.5 Å². The van der Waals surface area contributed by atoms with Crippen LogP contribution in [0.2, 0.25) is 0 Å². The lowest BCUT2D eigenvalue weighted by atomic mass is 9.90. The predicted molar refractivity (Wildman–Crippen MR) is 106 cm³/mol. The van der Waals surface area contributed by atoms with Crippen molar-refractivity contribution in [2.45, 2.75) is 43.4 Å². The third-order valence-corrected chi connectivity index (χ3v) is 8.34. The van der Waals surface area contributed by atoms with Gasteiger partial charge in [0.25, 0.3) is 5.91 Å². The molecule has 1 atom stereocenters. The van der Waals surface area contributed by atoms with Crippen LogP contribution in [0.3, 0.4) is 0 Å². The summed E-state index contributed by atoms with van der Waals surface area (Å²) in [6.45, 7) is 1.07. The van der Waals surface area contributed by atoms with Crippen LogP contribution in [-0.2, 0) is 23.0 Å². The molecule has 1 saturated carbocycles. The number of fused-ring (bicyclic) bond motifs is 2. The Morgan fingerprint density at radius 3 is 2.83 bits per heavy atom. The first-order valence-electron chi connectivity index (χ1n) is 9.79. The molecule has 5 rings (SSSR count). The first-order valence-corrected chi connectivity index (χ1v) is 11.3. The summed E-state index contributed by atoms with van der Waals surface area (Å²) in [6.07, 6.45) is 2.33. The highest BCUT2D eigenvalue weighted by Crippen LogP contribution is 2.36. The number of nitrogen functional groups attached to an aromatic ring is 1. The van der Waals surface area contributed by atoms with Crippen LogP contribution in [0.1, 0.15) is 46.8 Å². The van der Waals surface area contributed by atoms with Gasteiger partial charge in [0, 0.05) is 24.3 Å². The van der Waals surface area contributed by atoms with Gasteiger partial charge in [0.2, 0.25) is 10.0 Å². The van der Waals surface area contributed by atoms with Gasteiger partial charge in [-0.05, 0) is 49.4 Å². The molecule has 10 heteroatoms. The molecule has 0 amide bonds. The predicted octanol–water partition coefficient (Wildman–Crippen LogP) is 1.69. The Morgan fingerprint density at radius 2 is 2.07 bits per heavy atom. The number of halogens is 1. The van der Waals surface area contributed by atoms with Gasteiger partial charge >= 0.3 is 0 Å². The summed E-state index contributed by atoms with van der Waals surface area (Å²) in [4.78, 5) is 13.2. The average molecular weight is 419 g/mol. The second kappa shape index (κ2) is 6.53. The fraction of sp³-hybridized carbons (Fsp3) is 0.474. The molecule has 3 aliphatic rings. The van der Waals surface area contributed by atoms with Crippen molar-refractivity contribution in [3.63, 3.8) is 0 Å². The molecule has 3 heterocycles. The van der Waals surface area contributed by atoms with Gasteiger partial charge in [0.05, 0.1) is 23.4 Å². The van der Waals surface area contributed by atoms with Crippen molar-refractivity contribution < 1.29 is 17.6 Å². The molecule has 0 spiro atoms. The van der Waals surface area contributed by atoms with E-state index in [2.05, 4.69) is 10.4 Å². The Bertz CT molecular complexity index is 1110. The standard InChI is InChI=1S/C19H22FN5O3S/c20-11-1-4-16-15(9-11)13(5-7-22-16)19(26)25-18(21)14-6-8-24(10-17(14)23-25)29(27,28)12-2-3-12/h1,4,9,12-13,22H,2-3,5-8,10,21H2. The minimum absolute atomic E-state index is 0.135. The highest BCUT2D eigenvalue weighted by molar-refractivity contribution is 7.90. The lowest BCUT2D eigenvalue weighted by molar-refractivity contribution is 0.0859. The number of carbonyl (C=O) groups excluding carboxylic acids is 1. The fourth-order valence-electron chi connectivity index (χ4n) is 4.25. The van der Waals surface area contributed by atoms with E-state index in [0.717, 1.165) is 11.3 Å². The van der Waals surface area contributed by atoms with Crippen molar-refractivity contribution in [2.75, 3.05) is 24.1 Å². The van der Waals surface area contributed by atoms with Gasteiger partial charge in [-0.25, -0.2) is 12.8 Å². The molecule has 29 heavy (non-hydrogen) atoms. The van der Waals surface area contributed by atoms with Crippen LogP contribution in [0.5, 0.6) is 0 Å². The van der Waals surface area contributed by atoms with Gasteiger partial charge in [-0.1, -0.05) is 0 Å². The number of rotatable bonds is 3. The number of aromatic nitrogens is 2. The number of benzene rings is 1. The van der Waals surface area contributed by atoms with Crippen molar-refractivity contribution in [3.05, 3.63) is 40.8 Å². The molecular weight excluding hydrogens is 397 g/mol. The monoisotopic (exact) mass is 419 g/mol. The molecule has 0 bridgehead atoms. The molecule has 8 nitrogen and oxygen atoms in total. The summed E-state index contributed by atoms with van der Waals surface area (Å²) in [7, 11) is -3.31. The van der Waals surface area contributed by atoms with E-state index in [1.54, 1.807) is 6.07 Å². The molecule has 1 aromatic carbocycles. The zero-order chi connectivity index (χ0) is 20.3. The van der Waals surface area contributed by atoms with Crippen molar-refractivity contribution in [3.8, 4) is 0 Å². The molecule has 2 aromatic rings. The maximum Gasteiger partial charge on any atom is 0.256 e. The number of carbonyl (C=O) groups is 1. The fourth-order valence-corrected chi connectivity index (χ4v) is 6.05. The smallest absolute Gasteiger partial charge is 0.256 e. The molecule has 1 fully saturated rings. The first kappa shape index (κ1) is 18.6. The van der Waals surface area contributed by atoms with Crippen LogP contribution in [0.4, 0.5) is 15.9 Å². The Kier molecular flexibility index (Phi) is 4.18. The van der Waals surface area contributed by atoms with Crippen LogP contribution in [0, 0.1) is 5.82 Å². The van der Waals surface area contributed by atoms with Gasteiger partial charge < -0.3 is 11.1 Å². The second-order valence-electron chi connectivity index (χ2n) is 7.89. The van der Waals surface area contributed by atoms with Crippen LogP contribution in [0.15, 0.2) is 18.2 Å². The number of hydrogen-bond acceptors (Lipinski definition) is 6. The zero-order valence-corrected chi connectivity index (χ0v) is 16.6. The highest BCUT2D eigenvalue weighted by Gasteiger charge is 2.42. The molecule has 0 radical (unpaired) electrons. The van der Waals surface area contributed by atoms with Gasteiger partial charge in [0.15, 0.2) is 0 Å².